The minimum absolute atomic E-state index is 0.357. The fraction of sp³-hybridized carbons (Fsp3) is 0.105. The normalized spacial score (nSPS) is 11.7. The molecule has 0 fully saturated rings. The monoisotopic (exact) mass is 319 g/mol. The second-order valence-electron chi connectivity index (χ2n) is 5.36. The number of para-hydroxylation sites is 1. The number of carboxylic acids is 1. The Kier molecular flexibility index (Phi) is 4.52. The van der Waals surface area contributed by atoms with E-state index in [1.54, 1.807) is 24.2 Å². The maximum absolute atomic E-state index is 11.5. The van der Waals surface area contributed by atoms with Crippen LogP contribution in [0.5, 0.6) is 0 Å². The molecule has 3 rings (SSSR count). The standard InChI is InChI=1S/C19H17N3O2/c1-14(18(23)24)22(17-10-6-3-7-11-17)19-20-12-16(13-21-19)15-8-4-2-5-9-15/h2-14H,1H3,(H,23,24)/t14-/m0/s1. The molecule has 3 aromatic rings. The SMILES string of the molecule is C[C@@H](C(=O)O)N(c1ccccc1)c1ncc(-c2ccccc2)cn1. The minimum Gasteiger partial charge on any atom is -0.480 e. The molecule has 2 aromatic carbocycles. The molecular formula is C19H17N3O2. The molecule has 0 spiro atoms. The highest BCUT2D eigenvalue weighted by Gasteiger charge is 2.24. The van der Waals surface area contributed by atoms with Crippen LogP contribution < -0.4 is 4.90 Å². The summed E-state index contributed by atoms with van der Waals surface area (Å²) in [7, 11) is 0. The van der Waals surface area contributed by atoms with Crippen molar-refractivity contribution in [3.05, 3.63) is 73.1 Å². The fourth-order valence-corrected chi connectivity index (χ4v) is 2.44. The van der Waals surface area contributed by atoms with E-state index in [9.17, 15) is 9.90 Å². The van der Waals surface area contributed by atoms with E-state index in [4.69, 9.17) is 0 Å². The summed E-state index contributed by atoms with van der Waals surface area (Å²) in [5.41, 5.74) is 2.64. The Morgan fingerprint density at radius 3 is 2.00 bits per heavy atom. The summed E-state index contributed by atoms with van der Waals surface area (Å²) in [6, 6.07) is 18.3. The molecular weight excluding hydrogens is 302 g/mol. The first-order valence-corrected chi connectivity index (χ1v) is 7.61. The second kappa shape index (κ2) is 6.91. The summed E-state index contributed by atoms with van der Waals surface area (Å²) in [6.07, 6.45) is 3.42. The molecule has 5 heteroatoms. The van der Waals surface area contributed by atoms with Crippen molar-refractivity contribution in [3.8, 4) is 11.1 Å². The first kappa shape index (κ1) is 15.7. The Morgan fingerprint density at radius 1 is 0.917 bits per heavy atom. The Bertz CT molecular complexity index is 805. The summed E-state index contributed by atoms with van der Waals surface area (Å²) in [6.45, 7) is 1.61. The van der Waals surface area contributed by atoms with Crippen molar-refractivity contribution in [2.45, 2.75) is 13.0 Å². The molecule has 1 N–H and O–H groups in total. The number of carboxylic acid groups (broad SMARTS) is 1. The Balaban J connectivity index is 1.98. The molecule has 0 radical (unpaired) electrons. The van der Waals surface area contributed by atoms with Crippen molar-refractivity contribution in [3.63, 3.8) is 0 Å². The van der Waals surface area contributed by atoms with E-state index in [0.717, 1.165) is 16.8 Å². The maximum atomic E-state index is 11.5. The highest BCUT2D eigenvalue weighted by atomic mass is 16.4. The van der Waals surface area contributed by atoms with E-state index in [0.29, 0.717) is 5.95 Å². The predicted molar refractivity (Wildman–Crippen MR) is 93.1 cm³/mol. The number of nitrogens with zero attached hydrogens (tertiary/aromatic N) is 3. The lowest BCUT2D eigenvalue weighted by molar-refractivity contribution is -0.138. The number of hydrogen-bond acceptors (Lipinski definition) is 4. The molecule has 0 bridgehead atoms. The lowest BCUT2D eigenvalue weighted by Crippen LogP contribution is -2.36. The first-order valence-electron chi connectivity index (χ1n) is 7.61. The van der Waals surface area contributed by atoms with Crippen LogP contribution in [-0.4, -0.2) is 27.1 Å². The van der Waals surface area contributed by atoms with Gasteiger partial charge >= 0.3 is 5.97 Å². The molecule has 0 amide bonds. The molecule has 120 valence electrons. The third kappa shape index (κ3) is 3.25. The van der Waals surface area contributed by atoms with Gasteiger partial charge in [-0.2, -0.15) is 0 Å². The van der Waals surface area contributed by atoms with Gasteiger partial charge in [-0.25, -0.2) is 14.8 Å². The van der Waals surface area contributed by atoms with Crippen LogP contribution in [0, 0.1) is 0 Å². The number of anilines is 2. The van der Waals surface area contributed by atoms with Crippen LogP contribution in [0.3, 0.4) is 0 Å². The van der Waals surface area contributed by atoms with Crippen molar-refractivity contribution < 1.29 is 9.90 Å². The van der Waals surface area contributed by atoms with Gasteiger partial charge in [0.15, 0.2) is 0 Å². The molecule has 0 aliphatic heterocycles. The van der Waals surface area contributed by atoms with Gasteiger partial charge in [0, 0.05) is 23.6 Å². The zero-order chi connectivity index (χ0) is 16.9. The van der Waals surface area contributed by atoms with Gasteiger partial charge in [-0.1, -0.05) is 48.5 Å². The topological polar surface area (TPSA) is 66.3 Å². The molecule has 0 saturated heterocycles. The summed E-state index contributed by atoms with van der Waals surface area (Å²) in [5.74, 6) is -0.578. The highest BCUT2D eigenvalue weighted by Crippen LogP contribution is 2.26. The van der Waals surface area contributed by atoms with Crippen molar-refractivity contribution >= 4 is 17.6 Å². The lowest BCUT2D eigenvalue weighted by atomic mass is 10.1. The third-order valence-electron chi connectivity index (χ3n) is 3.74. The number of benzene rings is 2. The zero-order valence-corrected chi connectivity index (χ0v) is 13.2. The van der Waals surface area contributed by atoms with E-state index in [2.05, 4.69) is 9.97 Å². The Morgan fingerprint density at radius 2 is 1.46 bits per heavy atom. The van der Waals surface area contributed by atoms with Crippen LogP contribution >= 0.6 is 0 Å². The Labute approximate surface area is 140 Å². The van der Waals surface area contributed by atoms with Gasteiger partial charge in [0.2, 0.25) is 5.95 Å². The van der Waals surface area contributed by atoms with Gasteiger partial charge in [0.1, 0.15) is 6.04 Å². The predicted octanol–water partition coefficient (Wildman–Crippen LogP) is 3.75. The molecule has 0 saturated carbocycles. The van der Waals surface area contributed by atoms with Gasteiger partial charge in [0.25, 0.3) is 0 Å². The largest absolute Gasteiger partial charge is 0.480 e. The third-order valence-corrected chi connectivity index (χ3v) is 3.74. The Hall–Kier alpha value is -3.21. The number of carbonyl (C=O) groups is 1. The quantitative estimate of drug-likeness (QED) is 0.775. The van der Waals surface area contributed by atoms with Crippen LogP contribution in [0.15, 0.2) is 73.1 Å². The van der Waals surface area contributed by atoms with E-state index < -0.39 is 12.0 Å². The van der Waals surface area contributed by atoms with Crippen molar-refractivity contribution in [1.82, 2.24) is 9.97 Å². The van der Waals surface area contributed by atoms with Gasteiger partial charge in [-0.15, -0.1) is 0 Å². The van der Waals surface area contributed by atoms with Crippen LogP contribution in [-0.2, 0) is 4.79 Å². The molecule has 1 aromatic heterocycles. The summed E-state index contributed by atoms with van der Waals surface area (Å²) < 4.78 is 0. The average molecular weight is 319 g/mol. The number of aliphatic carboxylic acids is 1. The number of hydrogen-bond donors (Lipinski definition) is 1. The van der Waals surface area contributed by atoms with Crippen LogP contribution in [0.4, 0.5) is 11.6 Å². The van der Waals surface area contributed by atoms with Gasteiger partial charge < -0.3 is 5.11 Å². The van der Waals surface area contributed by atoms with E-state index in [-0.39, 0.29) is 0 Å². The van der Waals surface area contributed by atoms with Crippen molar-refractivity contribution in [2.24, 2.45) is 0 Å². The molecule has 0 unspecified atom stereocenters. The van der Waals surface area contributed by atoms with E-state index in [1.165, 1.54) is 0 Å². The summed E-state index contributed by atoms with van der Waals surface area (Å²) >= 11 is 0. The van der Waals surface area contributed by atoms with Gasteiger partial charge in [0.05, 0.1) is 0 Å². The minimum atomic E-state index is -0.936. The van der Waals surface area contributed by atoms with Crippen LogP contribution in [0.25, 0.3) is 11.1 Å². The second-order valence-corrected chi connectivity index (χ2v) is 5.36. The molecule has 24 heavy (non-hydrogen) atoms. The molecule has 1 atom stereocenters. The highest BCUT2D eigenvalue weighted by molar-refractivity contribution is 5.80. The maximum Gasteiger partial charge on any atom is 0.326 e. The molecule has 0 aliphatic carbocycles. The fourth-order valence-electron chi connectivity index (χ4n) is 2.44. The van der Waals surface area contributed by atoms with E-state index in [1.807, 2.05) is 60.7 Å². The van der Waals surface area contributed by atoms with Crippen LogP contribution in [0.2, 0.25) is 0 Å². The first-order chi connectivity index (χ1) is 11.7. The summed E-state index contributed by atoms with van der Waals surface area (Å²) in [4.78, 5) is 21.9. The molecule has 5 nitrogen and oxygen atoms in total. The smallest absolute Gasteiger partial charge is 0.326 e. The lowest BCUT2D eigenvalue weighted by Gasteiger charge is -2.26. The van der Waals surface area contributed by atoms with Crippen molar-refractivity contribution in [1.29, 1.82) is 0 Å². The van der Waals surface area contributed by atoms with Gasteiger partial charge in [-0.3, -0.25) is 4.90 Å². The molecule has 1 heterocycles. The number of rotatable bonds is 5. The van der Waals surface area contributed by atoms with Crippen LogP contribution in [0.1, 0.15) is 6.92 Å². The average Bonchev–Trinajstić information content (AvgIpc) is 2.64. The zero-order valence-electron chi connectivity index (χ0n) is 13.2. The van der Waals surface area contributed by atoms with Gasteiger partial charge in [-0.05, 0) is 24.6 Å². The summed E-state index contributed by atoms with van der Waals surface area (Å²) in [5, 5.41) is 9.41. The molecule has 0 aliphatic rings. The van der Waals surface area contributed by atoms with E-state index >= 15 is 0 Å². The van der Waals surface area contributed by atoms with Crippen molar-refractivity contribution in [2.75, 3.05) is 4.90 Å². The number of aromatic nitrogens is 2.